The molecule has 2 aliphatic carbocycles. The maximum absolute atomic E-state index is 13.6. The average molecular weight is 488 g/mol. The summed E-state index contributed by atoms with van der Waals surface area (Å²) in [5, 5.41) is 0. The van der Waals surface area contributed by atoms with Gasteiger partial charge in [0.15, 0.2) is 0 Å². The van der Waals surface area contributed by atoms with E-state index in [9.17, 15) is 4.79 Å². The third kappa shape index (κ3) is 5.85. The minimum absolute atomic E-state index is 0.0387. The second kappa shape index (κ2) is 12.0. The first-order valence-electron chi connectivity index (χ1n) is 13.4. The molecule has 7 nitrogen and oxygen atoms in total. The molecule has 2 amide bonds. The Morgan fingerprint density at radius 2 is 1.60 bits per heavy atom. The third-order valence-corrected chi connectivity index (χ3v) is 8.71. The molecule has 196 valence electrons. The lowest BCUT2D eigenvalue weighted by Gasteiger charge is -2.51. The number of ether oxygens (including phenoxy) is 3. The predicted molar refractivity (Wildman–Crippen MR) is 138 cm³/mol. The van der Waals surface area contributed by atoms with Crippen LogP contribution in [-0.4, -0.2) is 100 Å². The van der Waals surface area contributed by atoms with E-state index in [1.54, 1.807) is 7.11 Å². The quantitative estimate of drug-likeness (QED) is 0.394. The van der Waals surface area contributed by atoms with Gasteiger partial charge < -0.3 is 24.0 Å². The van der Waals surface area contributed by atoms with Crippen LogP contribution in [0.3, 0.4) is 0 Å². The molecule has 35 heavy (non-hydrogen) atoms. The predicted octanol–water partition coefficient (Wildman–Crippen LogP) is 3.97. The fraction of sp³-hybridized carbons (Fsp3) is 0.750. The van der Waals surface area contributed by atoms with E-state index in [-0.39, 0.29) is 17.1 Å². The number of amides is 2. The van der Waals surface area contributed by atoms with Crippen molar-refractivity contribution in [2.75, 3.05) is 73.9 Å². The molecule has 0 bridgehead atoms. The van der Waals surface area contributed by atoms with Crippen LogP contribution in [0.15, 0.2) is 30.3 Å². The molecule has 1 aromatic carbocycles. The van der Waals surface area contributed by atoms with Crippen molar-refractivity contribution in [3.63, 3.8) is 0 Å². The lowest BCUT2D eigenvalue weighted by molar-refractivity contribution is 0.0140. The zero-order valence-electron chi connectivity index (χ0n) is 22.0. The van der Waals surface area contributed by atoms with Gasteiger partial charge in [-0.1, -0.05) is 36.8 Å². The lowest BCUT2D eigenvalue weighted by atomic mass is 9.68. The number of rotatable bonds is 13. The van der Waals surface area contributed by atoms with Gasteiger partial charge in [0, 0.05) is 32.3 Å². The number of carbonyl (C=O) groups is 1. The highest BCUT2D eigenvalue weighted by Crippen LogP contribution is 2.49. The van der Waals surface area contributed by atoms with Crippen molar-refractivity contribution < 1.29 is 19.0 Å². The van der Waals surface area contributed by atoms with Gasteiger partial charge in [-0.15, -0.1) is 0 Å². The summed E-state index contributed by atoms with van der Waals surface area (Å²) in [5.41, 5.74) is 1.38. The Morgan fingerprint density at radius 1 is 0.943 bits per heavy atom. The van der Waals surface area contributed by atoms with Gasteiger partial charge in [0.25, 0.3) is 0 Å². The molecule has 2 saturated carbocycles. The zero-order valence-corrected chi connectivity index (χ0v) is 22.0. The van der Waals surface area contributed by atoms with Gasteiger partial charge in [0.2, 0.25) is 0 Å². The maximum Gasteiger partial charge on any atom is 0.320 e. The standard InChI is InChI=1S/C28H45N3O4/c1-29(2)28(25-10-5-4-6-11-25)14-12-27(13-15-28)23-30(16-17-34-20-21-35-19-18-33-3)26(32)31(27)22-24-8-7-9-24/h4-6,10-11,24H,7-9,12-23H2,1-3H3. The molecule has 0 radical (unpaired) electrons. The summed E-state index contributed by atoms with van der Waals surface area (Å²) in [6.45, 7) is 5.23. The third-order valence-electron chi connectivity index (χ3n) is 8.71. The number of methoxy groups -OCH3 is 1. The van der Waals surface area contributed by atoms with Crippen LogP contribution in [0.25, 0.3) is 0 Å². The molecule has 1 aliphatic heterocycles. The molecular weight excluding hydrogens is 442 g/mol. The van der Waals surface area contributed by atoms with E-state index in [0.29, 0.717) is 45.5 Å². The number of hydrogen-bond acceptors (Lipinski definition) is 5. The van der Waals surface area contributed by atoms with Crippen molar-refractivity contribution in [1.29, 1.82) is 0 Å². The van der Waals surface area contributed by atoms with E-state index in [0.717, 1.165) is 38.8 Å². The molecular formula is C28H45N3O4. The minimum Gasteiger partial charge on any atom is -0.382 e. The Balaban J connectivity index is 1.38. The van der Waals surface area contributed by atoms with Gasteiger partial charge in [-0.25, -0.2) is 4.79 Å². The SMILES string of the molecule is COCCOCCOCCN1CC2(CCC(c3ccccc3)(N(C)C)CC2)N(CC2CCC2)C1=O. The first-order valence-corrected chi connectivity index (χ1v) is 13.4. The topological polar surface area (TPSA) is 54.5 Å². The van der Waals surface area contributed by atoms with Crippen LogP contribution in [0.5, 0.6) is 0 Å². The first-order chi connectivity index (χ1) is 17.0. The second-order valence-electron chi connectivity index (χ2n) is 10.8. The fourth-order valence-corrected chi connectivity index (χ4v) is 6.20. The van der Waals surface area contributed by atoms with E-state index < -0.39 is 0 Å². The maximum atomic E-state index is 13.6. The van der Waals surface area contributed by atoms with Gasteiger partial charge in [0.05, 0.1) is 38.6 Å². The molecule has 1 spiro atoms. The summed E-state index contributed by atoms with van der Waals surface area (Å²) < 4.78 is 16.2. The Labute approximate surface area is 211 Å². The molecule has 0 aromatic heterocycles. The molecule has 1 saturated heterocycles. The van der Waals surface area contributed by atoms with Gasteiger partial charge in [-0.2, -0.15) is 0 Å². The first kappa shape index (κ1) is 26.4. The minimum atomic E-state index is -0.0514. The molecule has 3 fully saturated rings. The smallest absolute Gasteiger partial charge is 0.320 e. The highest BCUT2D eigenvalue weighted by Gasteiger charge is 2.54. The number of benzene rings is 1. The van der Waals surface area contributed by atoms with E-state index in [2.05, 4.69) is 59.1 Å². The molecule has 3 aliphatic rings. The Morgan fingerprint density at radius 3 is 2.20 bits per heavy atom. The van der Waals surface area contributed by atoms with Crippen LogP contribution in [0.2, 0.25) is 0 Å². The molecule has 0 unspecified atom stereocenters. The summed E-state index contributed by atoms with van der Waals surface area (Å²) in [5.74, 6) is 0.672. The fourth-order valence-electron chi connectivity index (χ4n) is 6.20. The van der Waals surface area contributed by atoms with Gasteiger partial charge in [0.1, 0.15) is 0 Å². The summed E-state index contributed by atoms with van der Waals surface area (Å²) >= 11 is 0. The van der Waals surface area contributed by atoms with Crippen molar-refractivity contribution in [3.8, 4) is 0 Å². The van der Waals surface area contributed by atoms with Crippen LogP contribution in [-0.2, 0) is 19.7 Å². The van der Waals surface area contributed by atoms with Gasteiger partial charge in [-0.3, -0.25) is 4.90 Å². The van der Waals surface area contributed by atoms with Crippen LogP contribution in [0, 0.1) is 5.92 Å². The highest BCUT2D eigenvalue weighted by atomic mass is 16.5. The van der Waals surface area contributed by atoms with Gasteiger partial charge in [-0.05, 0) is 64.1 Å². The van der Waals surface area contributed by atoms with Crippen LogP contribution < -0.4 is 0 Å². The van der Waals surface area contributed by atoms with Crippen molar-refractivity contribution in [2.45, 2.75) is 56.0 Å². The summed E-state index contributed by atoms with van der Waals surface area (Å²) in [4.78, 5) is 20.3. The summed E-state index contributed by atoms with van der Waals surface area (Å²) in [6, 6.07) is 11.2. The molecule has 0 N–H and O–H groups in total. The molecule has 7 heteroatoms. The normalized spacial score (nSPS) is 27.3. The summed E-state index contributed by atoms with van der Waals surface area (Å²) in [7, 11) is 6.08. The van der Waals surface area contributed by atoms with Crippen LogP contribution in [0.4, 0.5) is 4.79 Å². The molecule has 1 heterocycles. The largest absolute Gasteiger partial charge is 0.382 e. The van der Waals surface area contributed by atoms with E-state index in [1.165, 1.54) is 24.8 Å². The van der Waals surface area contributed by atoms with E-state index in [1.807, 2.05) is 0 Å². The van der Waals surface area contributed by atoms with Crippen LogP contribution >= 0.6 is 0 Å². The number of hydrogen-bond donors (Lipinski definition) is 0. The van der Waals surface area contributed by atoms with Crippen LogP contribution in [0.1, 0.15) is 50.5 Å². The molecule has 4 rings (SSSR count). The number of carbonyl (C=O) groups excluding carboxylic acids is 1. The average Bonchev–Trinajstić information content (AvgIpc) is 3.09. The summed E-state index contributed by atoms with van der Waals surface area (Å²) in [6.07, 6.45) is 8.06. The van der Waals surface area contributed by atoms with Gasteiger partial charge >= 0.3 is 6.03 Å². The number of nitrogens with zero attached hydrogens (tertiary/aromatic N) is 3. The Hall–Kier alpha value is -1.67. The Kier molecular flexibility index (Phi) is 9.08. The van der Waals surface area contributed by atoms with Crippen molar-refractivity contribution in [1.82, 2.24) is 14.7 Å². The Bertz CT molecular complexity index is 791. The monoisotopic (exact) mass is 487 g/mol. The highest BCUT2D eigenvalue weighted by molar-refractivity contribution is 5.78. The second-order valence-corrected chi connectivity index (χ2v) is 10.8. The zero-order chi connectivity index (χ0) is 24.7. The molecule has 1 aromatic rings. The molecule has 0 atom stereocenters. The van der Waals surface area contributed by atoms with Crippen molar-refractivity contribution in [2.24, 2.45) is 5.92 Å². The van der Waals surface area contributed by atoms with Crippen molar-refractivity contribution >= 4 is 6.03 Å². The van der Waals surface area contributed by atoms with E-state index in [4.69, 9.17) is 14.2 Å². The number of urea groups is 1. The van der Waals surface area contributed by atoms with Crippen molar-refractivity contribution in [3.05, 3.63) is 35.9 Å². The lowest BCUT2D eigenvalue weighted by Crippen LogP contribution is -2.56. The van der Waals surface area contributed by atoms with E-state index >= 15 is 0 Å².